The first kappa shape index (κ1) is 30.4. The van der Waals surface area contributed by atoms with Gasteiger partial charge in [0.2, 0.25) is 0 Å². The molecule has 1 fully saturated rings. The zero-order valence-corrected chi connectivity index (χ0v) is 20.8. The van der Waals surface area contributed by atoms with Gasteiger partial charge in [0.15, 0.2) is 0 Å². The maximum absolute atomic E-state index is 11.0. The SMILES string of the molecule is CCCCCCCCCCC(CCCCCCCC)CC(=O)O.OC1CCC(O)CC1. The van der Waals surface area contributed by atoms with Gasteiger partial charge in [0.05, 0.1) is 12.2 Å². The Kier molecular flexibility index (Phi) is 22.1. The average Bonchev–Trinajstić information content (AvgIpc) is 2.74. The van der Waals surface area contributed by atoms with Crippen LogP contribution in [-0.4, -0.2) is 33.5 Å². The second kappa shape index (κ2) is 22.6. The van der Waals surface area contributed by atoms with E-state index in [1.807, 2.05) is 0 Å². The van der Waals surface area contributed by atoms with Gasteiger partial charge in [-0.1, -0.05) is 104 Å². The normalized spacial score (nSPS) is 19.5. The third-order valence-electron chi connectivity index (χ3n) is 6.56. The summed E-state index contributed by atoms with van der Waals surface area (Å²) in [7, 11) is 0. The Balaban J connectivity index is 0.000000929. The molecule has 1 rings (SSSR count). The van der Waals surface area contributed by atoms with E-state index in [0.29, 0.717) is 12.3 Å². The van der Waals surface area contributed by atoms with Crippen molar-refractivity contribution in [2.75, 3.05) is 0 Å². The average molecular weight is 443 g/mol. The van der Waals surface area contributed by atoms with E-state index < -0.39 is 5.97 Å². The van der Waals surface area contributed by atoms with Crippen LogP contribution in [-0.2, 0) is 4.79 Å². The first-order valence-corrected chi connectivity index (χ1v) is 13.6. The first-order valence-electron chi connectivity index (χ1n) is 13.6. The molecule has 0 aromatic carbocycles. The Morgan fingerprint density at radius 3 is 1.29 bits per heavy atom. The molecule has 0 aromatic heterocycles. The molecule has 0 heterocycles. The lowest BCUT2D eigenvalue weighted by Gasteiger charge is -2.20. The molecule has 0 aliphatic heterocycles. The standard InChI is InChI=1S/C21H42O2.C6H12O2/c1-3-5-7-9-11-12-14-16-18-20(19-21(22)23)17-15-13-10-8-6-4-2;7-5-1-2-6(8)4-3-5/h20H,3-19H2,1-2H3,(H,22,23);5-8H,1-4H2. The van der Waals surface area contributed by atoms with Crippen LogP contribution in [0.15, 0.2) is 0 Å². The third kappa shape index (κ3) is 22.4. The van der Waals surface area contributed by atoms with Gasteiger partial charge in [-0.2, -0.15) is 0 Å². The van der Waals surface area contributed by atoms with Gasteiger partial charge in [-0.05, 0) is 44.4 Å². The number of aliphatic carboxylic acids is 1. The number of carbonyl (C=O) groups is 1. The number of aliphatic hydroxyl groups is 2. The number of carboxylic acid groups (broad SMARTS) is 1. The fraction of sp³-hybridized carbons (Fsp3) is 0.963. The molecule has 0 saturated heterocycles. The molecule has 0 bridgehead atoms. The lowest BCUT2D eigenvalue weighted by atomic mass is 9.91. The first-order chi connectivity index (χ1) is 15.0. The zero-order valence-electron chi connectivity index (χ0n) is 20.8. The zero-order chi connectivity index (χ0) is 23.2. The molecule has 1 saturated carbocycles. The molecule has 4 nitrogen and oxygen atoms in total. The maximum Gasteiger partial charge on any atom is 0.303 e. The predicted molar refractivity (Wildman–Crippen MR) is 131 cm³/mol. The van der Waals surface area contributed by atoms with Crippen molar-refractivity contribution in [3.8, 4) is 0 Å². The van der Waals surface area contributed by atoms with Gasteiger partial charge in [-0.15, -0.1) is 0 Å². The fourth-order valence-corrected chi connectivity index (χ4v) is 4.43. The number of unbranched alkanes of at least 4 members (excludes halogenated alkanes) is 12. The molecule has 0 radical (unpaired) electrons. The van der Waals surface area contributed by atoms with Crippen LogP contribution in [0.3, 0.4) is 0 Å². The molecular weight excluding hydrogens is 388 g/mol. The van der Waals surface area contributed by atoms with E-state index in [1.165, 1.54) is 89.9 Å². The van der Waals surface area contributed by atoms with E-state index in [-0.39, 0.29) is 12.2 Å². The van der Waals surface area contributed by atoms with Gasteiger partial charge >= 0.3 is 5.97 Å². The molecule has 3 N–H and O–H groups in total. The molecule has 0 amide bonds. The summed E-state index contributed by atoms with van der Waals surface area (Å²) < 4.78 is 0. The molecular formula is C27H54O4. The predicted octanol–water partition coefficient (Wildman–Crippen LogP) is 7.64. The quantitative estimate of drug-likeness (QED) is 0.191. The highest BCUT2D eigenvalue weighted by molar-refractivity contribution is 5.66. The van der Waals surface area contributed by atoms with Crippen molar-refractivity contribution in [1.29, 1.82) is 0 Å². The summed E-state index contributed by atoms with van der Waals surface area (Å²) in [4.78, 5) is 11.0. The third-order valence-corrected chi connectivity index (χ3v) is 6.56. The van der Waals surface area contributed by atoms with Gasteiger partial charge in [0.1, 0.15) is 0 Å². The second-order valence-corrected chi connectivity index (χ2v) is 9.75. The summed E-state index contributed by atoms with van der Waals surface area (Å²) in [5, 5.41) is 26.9. The van der Waals surface area contributed by atoms with Crippen LogP contribution < -0.4 is 0 Å². The molecule has 0 spiro atoms. The van der Waals surface area contributed by atoms with Crippen LogP contribution in [0, 0.1) is 5.92 Å². The number of carboxylic acids is 1. The lowest BCUT2D eigenvalue weighted by molar-refractivity contribution is -0.138. The molecule has 1 unspecified atom stereocenters. The Hall–Kier alpha value is -0.610. The van der Waals surface area contributed by atoms with Gasteiger partial charge < -0.3 is 15.3 Å². The summed E-state index contributed by atoms with van der Waals surface area (Å²) in [6.45, 7) is 4.50. The topological polar surface area (TPSA) is 77.8 Å². The highest BCUT2D eigenvalue weighted by Gasteiger charge is 2.16. The van der Waals surface area contributed by atoms with Gasteiger partial charge in [0.25, 0.3) is 0 Å². The summed E-state index contributed by atoms with van der Waals surface area (Å²) in [6.07, 6.45) is 23.9. The van der Waals surface area contributed by atoms with Crippen molar-refractivity contribution >= 4 is 5.97 Å². The van der Waals surface area contributed by atoms with Crippen LogP contribution in [0.2, 0.25) is 0 Å². The lowest BCUT2D eigenvalue weighted by Crippen LogP contribution is -2.21. The van der Waals surface area contributed by atoms with Crippen LogP contribution >= 0.6 is 0 Å². The van der Waals surface area contributed by atoms with Crippen molar-refractivity contribution in [2.45, 2.75) is 161 Å². The largest absolute Gasteiger partial charge is 0.481 e. The molecule has 186 valence electrons. The van der Waals surface area contributed by atoms with Crippen molar-refractivity contribution in [1.82, 2.24) is 0 Å². The highest BCUT2D eigenvalue weighted by atomic mass is 16.4. The maximum atomic E-state index is 11.0. The van der Waals surface area contributed by atoms with Crippen molar-refractivity contribution in [3.63, 3.8) is 0 Å². The number of hydrogen-bond donors (Lipinski definition) is 3. The molecule has 4 heteroatoms. The molecule has 1 aliphatic carbocycles. The molecule has 1 atom stereocenters. The summed E-state index contributed by atoms with van der Waals surface area (Å²) in [6, 6.07) is 0. The van der Waals surface area contributed by atoms with Crippen LogP contribution in [0.1, 0.15) is 149 Å². The van der Waals surface area contributed by atoms with E-state index in [4.69, 9.17) is 15.3 Å². The van der Waals surface area contributed by atoms with Crippen molar-refractivity contribution in [3.05, 3.63) is 0 Å². The Labute approximate surface area is 193 Å². The van der Waals surface area contributed by atoms with E-state index in [2.05, 4.69) is 13.8 Å². The van der Waals surface area contributed by atoms with Crippen LogP contribution in [0.4, 0.5) is 0 Å². The van der Waals surface area contributed by atoms with Crippen molar-refractivity contribution < 1.29 is 20.1 Å². The van der Waals surface area contributed by atoms with Crippen molar-refractivity contribution in [2.24, 2.45) is 5.92 Å². The molecule has 1 aliphatic rings. The van der Waals surface area contributed by atoms with E-state index in [1.54, 1.807) is 0 Å². The minimum Gasteiger partial charge on any atom is -0.481 e. The Morgan fingerprint density at radius 1 is 0.645 bits per heavy atom. The number of aliphatic hydroxyl groups excluding tert-OH is 2. The van der Waals surface area contributed by atoms with Crippen LogP contribution in [0.5, 0.6) is 0 Å². The summed E-state index contributed by atoms with van der Waals surface area (Å²) in [5.74, 6) is -0.195. The monoisotopic (exact) mass is 442 g/mol. The smallest absolute Gasteiger partial charge is 0.303 e. The van der Waals surface area contributed by atoms with E-state index in [0.717, 1.165) is 38.5 Å². The Morgan fingerprint density at radius 2 is 0.968 bits per heavy atom. The molecule has 31 heavy (non-hydrogen) atoms. The number of hydrogen-bond acceptors (Lipinski definition) is 3. The van der Waals surface area contributed by atoms with Gasteiger partial charge in [-0.3, -0.25) is 4.79 Å². The minimum atomic E-state index is -0.611. The minimum absolute atomic E-state index is 0.140. The Bertz CT molecular complexity index is 367. The highest BCUT2D eigenvalue weighted by Crippen LogP contribution is 2.22. The van der Waals surface area contributed by atoms with Crippen LogP contribution in [0.25, 0.3) is 0 Å². The van der Waals surface area contributed by atoms with Gasteiger partial charge in [0, 0.05) is 6.42 Å². The molecule has 0 aromatic rings. The van der Waals surface area contributed by atoms with E-state index in [9.17, 15) is 4.79 Å². The summed E-state index contributed by atoms with van der Waals surface area (Å²) >= 11 is 0. The second-order valence-electron chi connectivity index (χ2n) is 9.75. The fourth-order valence-electron chi connectivity index (χ4n) is 4.43. The number of rotatable bonds is 18. The van der Waals surface area contributed by atoms with Gasteiger partial charge in [-0.25, -0.2) is 0 Å². The summed E-state index contributed by atoms with van der Waals surface area (Å²) in [5.41, 5.74) is 0. The van der Waals surface area contributed by atoms with E-state index >= 15 is 0 Å².